The van der Waals surface area contributed by atoms with E-state index in [-0.39, 0.29) is 0 Å². The summed E-state index contributed by atoms with van der Waals surface area (Å²) in [6.07, 6.45) is 8.18. The first-order valence-electron chi connectivity index (χ1n) is 7.23. The van der Waals surface area contributed by atoms with Gasteiger partial charge in [0.1, 0.15) is 0 Å². The van der Waals surface area contributed by atoms with Gasteiger partial charge in [-0.05, 0) is 25.5 Å². The van der Waals surface area contributed by atoms with E-state index in [1.807, 2.05) is 0 Å². The van der Waals surface area contributed by atoms with E-state index in [1.54, 1.807) is 0 Å². The van der Waals surface area contributed by atoms with Crippen molar-refractivity contribution in [2.24, 2.45) is 0 Å². The molecule has 0 saturated heterocycles. The smallest absolute Gasteiger partial charge is 0.0732 e. The van der Waals surface area contributed by atoms with E-state index >= 15 is 0 Å². The van der Waals surface area contributed by atoms with E-state index in [2.05, 4.69) is 42.7 Å². The number of rotatable bonds is 4. The molecule has 1 aliphatic carbocycles. The SMILES string of the molecule is CNC1CCCCCCC1OCc1ccccc1. The van der Waals surface area contributed by atoms with Crippen LogP contribution in [0.5, 0.6) is 0 Å². The molecule has 0 amide bonds. The van der Waals surface area contributed by atoms with Crippen LogP contribution in [0, 0.1) is 0 Å². The lowest BCUT2D eigenvalue weighted by Crippen LogP contribution is -2.40. The summed E-state index contributed by atoms with van der Waals surface area (Å²) in [7, 11) is 2.06. The van der Waals surface area contributed by atoms with Gasteiger partial charge >= 0.3 is 0 Å². The minimum absolute atomic E-state index is 0.371. The number of hydrogen-bond donors (Lipinski definition) is 1. The third kappa shape index (κ3) is 4.11. The average molecular weight is 247 g/mol. The van der Waals surface area contributed by atoms with Crippen LogP contribution < -0.4 is 5.32 Å². The highest BCUT2D eigenvalue weighted by atomic mass is 16.5. The first-order valence-corrected chi connectivity index (χ1v) is 7.23. The number of hydrogen-bond acceptors (Lipinski definition) is 2. The highest BCUT2D eigenvalue weighted by molar-refractivity contribution is 5.13. The van der Waals surface area contributed by atoms with E-state index < -0.39 is 0 Å². The number of nitrogens with one attached hydrogen (secondary N) is 1. The summed E-state index contributed by atoms with van der Waals surface area (Å²) in [5, 5.41) is 3.43. The van der Waals surface area contributed by atoms with Crippen LogP contribution in [0.2, 0.25) is 0 Å². The van der Waals surface area contributed by atoms with Crippen LogP contribution in [0.25, 0.3) is 0 Å². The Kier molecular flexibility index (Phi) is 5.69. The molecule has 0 bridgehead atoms. The molecular weight excluding hydrogens is 222 g/mol. The molecule has 0 radical (unpaired) electrons. The van der Waals surface area contributed by atoms with Crippen molar-refractivity contribution >= 4 is 0 Å². The van der Waals surface area contributed by atoms with Gasteiger partial charge in [0.25, 0.3) is 0 Å². The minimum Gasteiger partial charge on any atom is -0.372 e. The van der Waals surface area contributed by atoms with Crippen LogP contribution in [0.15, 0.2) is 30.3 Å². The van der Waals surface area contributed by atoms with Crippen molar-refractivity contribution in [2.45, 2.75) is 57.3 Å². The van der Waals surface area contributed by atoms with Crippen molar-refractivity contribution < 1.29 is 4.74 Å². The van der Waals surface area contributed by atoms with Gasteiger partial charge in [-0.25, -0.2) is 0 Å². The average Bonchev–Trinajstić information content (AvgIpc) is 2.39. The highest BCUT2D eigenvalue weighted by Crippen LogP contribution is 2.21. The van der Waals surface area contributed by atoms with Gasteiger partial charge < -0.3 is 10.1 Å². The van der Waals surface area contributed by atoms with Crippen molar-refractivity contribution in [1.29, 1.82) is 0 Å². The van der Waals surface area contributed by atoms with E-state index in [9.17, 15) is 0 Å². The molecule has 1 aromatic carbocycles. The fourth-order valence-corrected chi connectivity index (χ4v) is 2.76. The Morgan fingerprint density at radius 1 is 1.06 bits per heavy atom. The van der Waals surface area contributed by atoms with Crippen LogP contribution >= 0.6 is 0 Å². The highest BCUT2D eigenvalue weighted by Gasteiger charge is 2.21. The Morgan fingerprint density at radius 2 is 1.78 bits per heavy atom. The molecular formula is C16H25NO. The summed E-state index contributed by atoms with van der Waals surface area (Å²) in [6, 6.07) is 11.0. The van der Waals surface area contributed by atoms with Crippen molar-refractivity contribution in [2.75, 3.05) is 7.05 Å². The van der Waals surface area contributed by atoms with Crippen LogP contribution in [0.4, 0.5) is 0 Å². The molecule has 1 fully saturated rings. The van der Waals surface area contributed by atoms with Crippen molar-refractivity contribution in [3.63, 3.8) is 0 Å². The second kappa shape index (κ2) is 7.55. The van der Waals surface area contributed by atoms with Gasteiger partial charge in [0, 0.05) is 6.04 Å². The molecule has 18 heavy (non-hydrogen) atoms. The monoisotopic (exact) mass is 247 g/mol. The van der Waals surface area contributed by atoms with Crippen molar-refractivity contribution in [1.82, 2.24) is 5.32 Å². The van der Waals surface area contributed by atoms with Crippen LogP contribution in [-0.4, -0.2) is 19.2 Å². The van der Waals surface area contributed by atoms with Gasteiger partial charge in [-0.15, -0.1) is 0 Å². The zero-order chi connectivity index (χ0) is 12.6. The Labute approximate surface area is 111 Å². The second-order valence-electron chi connectivity index (χ2n) is 5.22. The van der Waals surface area contributed by atoms with Gasteiger partial charge in [-0.3, -0.25) is 0 Å². The van der Waals surface area contributed by atoms with E-state index in [0.717, 1.165) is 6.61 Å². The zero-order valence-corrected chi connectivity index (χ0v) is 11.4. The lowest BCUT2D eigenvalue weighted by atomic mass is 9.94. The first-order chi connectivity index (χ1) is 8.90. The van der Waals surface area contributed by atoms with E-state index in [0.29, 0.717) is 12.1 Å². The molecule has 2 rings (SSSR count). The van der Waals surface area contributed by atoms with E-state index in [1.165, 1.54) is 44.1 Å². The molecule has 0 spiro atoms. The van der Waals surface area contributed by atoms with Gasteiger partial charge in [0.15, 0.2) is 0 Å². The molecule has 0 aromatic heterocycles. The molecule has 0 heterocycles. The molecule has 2 heteroatoms. The molecule has 1 saturated carbocycles. The molecule has 1 N–H and O–H groups in total. The molecule has 2 unspecified atom stereocenters. The Morgan fingerprint density at radius 3 is 2.50 bits per heavy atom. The maximum atomic E-state index is 6.15. The van der Waals surface area contributed by atoms with Crippen LogP contribution in [0.3, 0.4) is 0 Å². The fourth-order valence-electron chi connectivity index (χ4n) is 2.76. The molecule has 2 atom stereocenters. The summed E-state index contributed by atoms with van der Waals surface area (Å²) in [6.45, 7) is 0.740. The van der Waals surface area contributed by atoms with Gasteiger partial charge in [-0.1, -0.05) is 56.0 Å². The lowest BCUT2D eigenvalue weighted by Gasteiger charge is -2.29. The Balaban J connectivity index is 1.87. The molecule has 2 nitrogen and oxygen atoms in total. The predicted molar refractivity (Wildman–Crippen MR) is 75.6 cm³/mol. The van der Waals surface area contributed by atoms with Gasteiger partial charge in [-0.2, -0.15) is 0 Å². The lowest BCUT2D eigenvalue weighted by molar-refractivity contribution is 0.00420. The van der Waals surface area contributed by atoms with Crippen LogP contribution in [0.1, 0.15) is 44.1 Å². The maximum Gasteiger partial charge on any atom is 0.0732 e. The second-order valence-corrected chi connectivity index (χ2v) is 5.22. The summed E-state index contributed by atoms with van der Waals surface area (Å²) in [5.74, 6) is 0. The maximum absolute atomic E-state index is 6.15. The van der Waals surface area contributed by atoms with Gasteiger partial charge in [0.2, 0.25) is 0 Å². The number of ether oxygens (including phenoxy) is 1. The molecule has 100 valence electrons. The minimum atomic E-state index is 0.371. The first kappa shape index (κ1) is 13.6. The normalized spacial score (nSPS) is 25.4. The zero-order valence-electron chi connectivity index (χ0n) is 11.4. The predicted octanol–water partition coefficient (Wildman–Crippen LogP) is 3.51. The largest absolute Gasteiger partial charge is 0.372 e. The number of likely N-dealkylation sites (N-methyl/N-ethyl adjacent to an activating group) is 1. The summed E-state index contributed by atoms with van der Waals surface area (Å²) in [5.41, 5.74) is 1.27. The summed E-state index contributed by atoms with van der Waals surface area (Å²) >= 11 is 0. The Bertz CT molecular complexity index is 325. The molecule has 0 aliphatic heterocycles. The quantitative estimate of drug-likeness (QED) is 0.879. The van der Waals surface area contributed by atoms with Gasteiger partial charge in [0.05, 0.1) is 12.7 Å². The summed E-state index contributed by atoms with van der Waals surface area (Å²) in [4.78, 5) is 0. The molecule has 1 aliphatic rings. The standard InChI is InChI=1S/C16H25NO/c1-17-15-11-7-2-3-8-12-16(15)18-13-14-9-5-4-6-10-14/h4-6,9-10,15-17H,2-3,7-8,11-13H2,1H3. The number of benzene rings is 1. The topological polar surface area (TPSA) is 21.3 Å². The van der Waals surface area contributed by atoms with Crippen molar-refractivity contribution in [3.05, 3.63) is 35.9 Å². The van der Waals surface area contributed by atoms with Crippen molar-refractivity contribution in [3.8, 4) is 0 Å². The van der Waals surface area contributed by atoms with E-state index in [4.69, 9.17) is 4.74 Å². The third-order valence-corrected chi connectivity index (χ3v) is 3.88. The van der Waals surface area contributed by atoms with Crippen LogP contribution in [-0.2, 0) is 11.3 Å². The molecule has 1 aromatic rings. The third-order valence-electron chi connectivity index (χ3n) is 3.88. The summed E-state index contributed by atoms with van der Waals surface area (Å²) < 4.78 is 6.15. The Hall–Kier alpha value is -0.860. The fraction of sp³-hybridized carbons (Fsp3) is 0.625.